The van der Waals surface area contributed by atoms with E-state index in [0.717, 1.165) is 4.47 Å². The molecule has 0 saturated heterocycles. The van der Waals surface area contributed by atoms with Crippen molar-refractivity contribution in [2.75, 3.05) is 5.73 Å². The summed E-state index contributed by atoms with van der Waals surface area (Å²) >= 11 is 8.84. The van der Waals surface area contributed by atoms with Gasteiger partial charge in [-0.2, -0.15) is 0 Å². The number of hydrogen-bond acceptors (Lipinski definition) is 2. The van der Waals surface area contributed by atoms with Gasteiger partial charge in [0.15, 0.2) is 0 Å². The lowest BCUT2D eigenvalue weighted by Crippen LogP contribution is -1.87. The molecule has 10 heavy (non-hydrogen) atoms. The van der Waals surface area contributed by atoms with E-state index in [1.807, 2.05) is 0 Å². The van der Waals surface area contributed by atoms with Gasteiger partial charge in [0.2, 0.25) is 0 Å². The molecule has 0 bridgehead atoms. The van der Waals surface area contributed by atoms with Gasteiger partial charge in [-0.1, -0.05) is 11.6 Å². The van der Waals surface area contributed by atoms with Gasteiger partial charge in [-0.3, -0.25) is 4.98 Å². The van der Waals surface area contributed by atoms with E-state index in [1.54, 1.807) is 6.20 Å². The van der Waals surface area contributed by atoms with Crippen LogP contribution in [0.15, 0.2) is 16.9 Å². The van der Waals surface area contributed by atoms with E-state index in [-0.39, 0.29) is 12.4 Å². The molecule has 0 saturated carbocycles. The van der Waals surface area contributed by atoms with E-state index in [9.17, 15) is 0 Å². The molecule has 0 aliphatic heterocycles. The molecule has 1 heterocycles. The lowest BCUT2D eigenvalue weighted by molar-refractivity contribution is 1.31. The number of nitrogens with zero attached hydrogens (tertiary/aromatic N) is 1. The quantitative estimate of drug-likeness (QED) is 0.761. The van der Waals surface area contributed by atoms with Crippen molar-refractivity contribution in [2.45, 2.75) is 0 Å². The summed E-state index contributed by atoms with van der Waals surface area (Å²) in [5, 5.41) is 0.519. The van der Waals surface area contributed by atoms with Crippen molar-refractivity contribution in [1.82, 2.24) is 4.98 Å². The highest BCUT2D eigenvalue weighted by Gasteiger charge is 1.98. The van der Waals surface area contributed by atoms with Gasteiger partial charge >= 0.3 is 0 Å². The molecule has 0 aliphatic carbocycles. The molecule has 1 aromatic heterocycles. The molecule has 0 aromatic carbocycles. The maximum Gasteiger partial charge on any atom is 0.0808 e. The van der Waals surface area contributed by atoms with Crippen LogP contribution in [0.2, 0.25) is 5.02 Å². The van der Waals surface area contributed by atoms with Crippen molar-refractivity contribution in [3.63, 3.8) is 0 Å². The second-order valence-electron chi connectivity index (χ2n) is 1.52. The summed E-state index contributed by atoms with van der Waals surface area (Å²) in [6.07, 6.45) is 3.10. The standard InChI is InChI=1S/C5H4BrClN2.ClH/c6-3-1-9-2-4(8)5(3)7;/h1-2H,8H2;1H. The first-order chi connectivity index (χ1) is 4.22. The highest BCUT2D eigenvalue weighted by atomic mass is 79.9. The van der Waals surface area contributed by atoms with Crippen LogP contribution < -0.4 is 5.73 Å². The Morgan fingerprint density at radius 1 is 1.50 bits per heavy atom. The fourth-order valence-electron chi connectivity index (χ4n) is 0.434. The van der Waals surface area contributed by atoms with Crippen LogP contribution in [0.1, 0.15) is 0 Å². The zero-order valence-electron chi connectivity index (χ0n) is 4.84. The zero-order valence-corrected chi connectivity index (χ0v) is 8.00. The van der Waals surface area contributed by atoms with Gasteiger partial charge in [0, 0.05) is 6.20 Å². The van der Waals surface area contributed by atoms with Crippen molar-refractivity contribution in [1.29, 1.82) is 0 Å². The van der Waals surface area contributed by atoms with Crippen LogP contribution in [0.25, 0.3) is 0 Å². The van der Waals surface area contributed by atoms with E-state index >= 15 is 0 Å². The molecule has 0 fully saturated rings. The fraction of sp³-hybridized carbons (Fsp3) is 0. The van der Waals surface area contributed by atoms with E-state index < -0.39 is 0 Å². The van der Waals surface area contributed by atoms with Crippen LogP contribution >= 0.6 is 39.9 Å². The molecule has 1 rings (SSSR count). The van der Waals surface area contributed by atoms with Crippen LogP contribution in [0.4, 0.5) is 5.69 Å². The van der Waals surface area contributed by atoms with E-state index in [0.29, 0.717) is 10.7 Å². The number of aromatic nitrogens is 1. The number of hydrogen-bond donors (Lipinski definition) is 1. The maximum atomic E-state index is 5.67. The Labute approximate surface area is 78.3 Å². The molecule has 2 nitrogen and oxygen atoms in total. The van der Waals surface area contributed by atoms with Gasteiger partial charge in [0.05, 0.1) is 21.4 Å². The molecule has 56 valence electrons. The summed E-state index contributed by atoms with van der Waals surface area (Å²) in [4.78, 5) is 3.79. The summed E-state index contributed by atoms with van der Waals surface area (Å²) in [6.45, 7) is 0. The van der Waals surface area contributed by atoms with Crippen molar-refractivity contribution in [2.24, 2.45) is 0 Å². The summed E-state index contributed by atoms with van der Waals surface area (Å²) in [5.74, 6) is 0. The van der Waals surface area contributed by atoms with Gasteiger partial charge < -0.3 is 5.73 Å². The summed E-state index contributed by atoms with van der Waals surface area (Å²) in [5.41, 5.74) is 5.89. The molecule has 2 N–H and O–H groups in total. The third kappa shape index (κ3) is 2.01. The lowest BCUT2D eigenvalue weighted by Gasteiger charge is -1.95. The van der Waals surface area contributed by atoms with Crippen LogP contribution in [0.5, 0.6) is 0 Å². The Kier molecular flexibility index (Phi) is 4.01. The third-order valence-corrected chi connectivity index (χ3v) is 2.12. The Morgan fingerprint density at radius 2 is 2.10 bits per heavy atom. The van der Waals surface area contributed by atoms with Gasteiger partial charge in [-0.25, -0.2) is 0 Å². The average molecular weight is 244 g/mol. The van der Waals surface area contributed by atoms with Gasteiger partial charge in [-0.05, 0) is 15.9 Å². The number of nitrogen functional groups attached to an aromatic ring is 1. The summed E-state index contributed by atoms with van der Waals surface area (Å²) in [7, 11) is 0. The molecular weight excluding hydrogens is 239 g/mol. The number of rotatable bonds is 0. The Morgan fingerprint density at radius 3 is 2.50 bits per heavy atom. The van der Waals surface area contributed by atoms with Gasteiger partial charge in [-0.15, -0.1) is 12.4 Å². The molecule has 0 atom stereocenters. The van der Waals surface area contributed by atoms with Crippen LogP contribution in [0, 0.1) is 0 Å². The Hall–Kier alpha value is 0.01000. The molecular formula is C5H5BrCl2N2. The largest absolute Gasteiger partial charge is 0.396 e. The number of anilines is 1. The predicted molar refractivity (Wildman–Crippen MR) is 48.6 cm³/mol. The van der Waals surface area contributed by atoms with Crippen molar-refractivity contribution < 1.29 is 0 Å². The first-order valence-corrected chi connectivity index (χ1v) is 3.43. The van der Waals surface area contributed by atoms with Crippen LogP contribution in [0.3, 0.4) is 0 Å². The normalized spacial score (nSPS) is 8.60. The minimum absolute atomic E-state index is 0. The zero-order chi connectivity index (χ0) is 6.85. The molecule has 0 unspecified atom stereocenters. The van der Waals surface area contributed by atoms with E-state index in [1.165, 1.54) is 6.20 Å². The average Bonchev–Trinajstić information content (AvgIpc) is 1.83. The van der Waals surface area contributed by atoms with Crippen LogP contribution in [-0.4, -0.2) is 4.98 Å². The van der Waals surface area contributed by atoms with E-state index in [4.69, 9.17) is 17.3 Å². The van der Waals surface area contributed by atoms with Crippen molar-refractivity contribution >= 4 is 45.6 Å². The smallest absolute Gasteiger partial charge is 0.0808 e. The SMILES string of the molecule is Cl.Nc1cncc(Br)c1Cl. The highest BCUT2D eigenvalue weighted by molar-refractivity contribution is 9.10. The number of nitrogens with two attached hydrogens (primary N) is 1. The van der Waals surface area contributed by atoms with Crippen molar-refractivity contribution in [3.8, 4) is 0 Å². The molecule has 0 radical (unpaired) electrons. The highest BCUT2D eigenvalue weighted by Crippen LogP contribution is 2.25. The number of pyridine rings is 1. The topological polar surface area (TPSA) is 38.9 Å². The lowest BCUT2D eigenvalue weighted by atomic mass is 10.4. The minimum atomic E-state index is 0. The Balaban J connectivity index is 0.000000810. The monoisotopic (exact) mass is 242 g/mol. The summed E-state index contributed by atoms with van der Waals surface area (Å²) in [6, 6.07) is 0. The second-order valence-corrected chi connectivity index (χ2v) is 2.76. The van der Waals surface area contributed by atoms with Gasteiger partial charge in [0.25, 0.3) is 0 Å². The third-order valence-electron chi connectivity index (χ3n) is 0.865. The molecule has 0 spiro atoms. The minimum Gasteiger partial charge on any atom is -0.396 e. The molecule has 1 aromatic rings. The predicted octanol–water partition coefficient (Wildman–Crippen LogP) is 2.50. The summed E-state index contributed by atoms with van der Waals surface area (Å²) < 4.78 is 0.726. The first kappa shape index (κ1) is 10.0. The van der Waals surface area contributed by atoms with Gasteiger partial charge in [0.1, 0.15) is 0 Å². The van der Waals surface area contributed by atoms with Crippen LogP contribution in [-0.2, 0) is 0 Å². The van der Waals surface area contributed by atoms with Crippen molar-refractivity contribution in [3.05, 3.63) is 21.9 Å². The molecule has 0 amide bonds. The molecule has 5 heteroatoms. The van der Waals surface area contributed by atoms with E-state index in [2.05, 4.69) is 20.9 Å². The molecule has 0 aliphatic rings. The first-order valence-electron chi connectivity index (χ1n) is 2.26. The number of halogens is 3. The second kappa shape index (κ2) is 4.01. The maximum absolute atomic E-state index is 5.67. The fourth-order valence-corrected chi connectivity index (χ4v) is 0.879. The Bertz CT molecular complexity index is 209.